The van der Waals surface area contributed by atoms with E-state index in [2.05, 4.69) is 40.3 Å². The summed E-state index contributed by atoms with van der Waals surface area (Å²) in [7, 11) is 6.48. The Morgan fingerprint density at radius 2 is 1.53 bits per heavy atom. The first-order valence-corrected chi connectivity index (χ1v) is 7.95. The topological polar surface area (TPSA) is 29.1 Å². The minimum atomic E-state index is 0.217. The number of hydrogen-bond donors (Lipinski definition) is 1. The molecule has 0 rings (SSSR count). The number of nitrogens with one attached hydrogen (secondary N) is 1. The molecular weight excluding hydrogens is 236 g/mol. The lowest BCUT2D eigenvalue weighted by Crippen LogP contribution is -2.49. The number of amides is 1. The molecule has 1 unspecified atom stereocenters. The molecule has 0 aliphatic rings. The summed E-state index contributed by atoms with van der Waals surface area (Å²) in [6.45, 7) is 5.19. The van der Waals surface area contributed by atoms with Gasteiger partial charge in [-0.25, -0.2) is 0 Å². The van der Waals surface area contributed by atoms with Gasteiger partial charge in [0.15, 0.2) is 0 Å². The Balaban J connectivity index is 3.45. The molecule has 114 valence electrons. The molecule has 0 aliphatic carbocycles. The van der Waals surface area contributed by atoms with Crippen molar-refractivity contribution in [3.63, 3.8) is 0 Å². The zero-order chi connectivity index (χ0) is 14.7. The molecule has 0 aromatic carbocycles. The summed E-state index contributed by atoms with van der Waals surface area (Å²) in [5, 5.41) is 3.05. The first-order chi connectivity index (χ1) is 8.88. The van der Waals surface area contributed by atoms with E-state index in [1.807, 2.05) is 0 Å². The quantitative estimate of drug-likeness (QED) is 0.453. The Kier molecular flexibility index (Phi) is 9.94. The van der Waals surface area contributed by atoms with Crippen LogP contribution in [-0.2, 0) is 4.79 Å². The van der Waals surface area contributed by atoms with E-state index in [4.69, 9.17) is 0 Å². The van der Waals surface area contributed by atoms with Crippen LogP contribution >= 0.6 is 0 Å². The van der Waals surface area contributed by atoms with E-state index in [1.165, 1.54) is 38.5 Å². The monoisotopic (exact) mass is 271 g/mol. The number of carbonyl (C=O) groups is 1. The average Bonchev–Trinajstić information content (AvgIpc) is 2.33. The fourth-order valence-corrected chi connectivity index (χ4v) is 1.87. The van der Waals surface area contributed by atoms with Crippen LogP contribution in [0.4, 0.5) is 0 Å². The van der Waals surface area contributed by atoms with Crippen LogP contribution in [0.15, 0.2) is 0 Å². The van der Waals surface area contributed by atoms with Gasteiger partial charge in [0.05, 0.1) is 27.7 Å². The van der Waals surface area contributed by atoms with Crippen molar-refractivity contribution < 1.29 is 9.28 Å². The third-order valence-electron chi connectivity index (χ3n) is 3.92. The lowest BCUT2D eigenvalue weighted by atomic mass is 10.1. The molecule has 0 saturated heterocycles. The van der Waals surface area contributed by atoms with Crippen LogP contribution in [0.1, 0.15) is 65.2 Å². The predicted octanol–water partition coefficient (Wildman–Crippen LogP) is 3.34. The molecule has 19 heavy (non-hydrogen) atoms. The van der Waals surface area contributed by atoms with Crippen molar-refractivity contribution in [3.05, 3.63) is 0 Å². The van der Waals surface area contributed by atoms with Gasteiger partial charge in [0.25, 0.3) is 0 Å². The molecule has 0 heterocycles. The van der Waals surface area contributed by atoms with Crippen molar-refractivity contribution in [2.75, 3.05) is 27.7 Å². The molecule has 0 aromatic rings. The Hall–Kier alpha value is -0.570. The predicted molar refractivity (Wildman–Crippen MR) is 83.1 cm³/mol. The smallest absolute Gasteiger partial charge is 0.220 e. The summed E-state index contributed by atoms with van der Waals surface area (Å²) in [6, 6.07) is 0.456. The second-order valence-electron chi connectivity index (χ2n) is 6.64. The Morgan fingerprint density at radius 3 is 2.05 bits per heavy atom. The number of carbonyl (C=O) groups excluding carboxylic acids is 1. The van der Waals surface area contributed by atoms with Crippen LogP contribution in [0.3, 0.4) is 0 Å². The van der Waals surface area contributed by atoms with Gasteiger partial charge < -0.3 is 9.80 Å². The molecule has 0 spiro atoms. The molecule has 0 aliphatic heterocycles. The van der Waals surface area contributed by atoms with Crippen molar-refractivity contribution in [1.29, 1.82) is 0 Å². The highest BCUT2D eigenvalue weighted by molar-refractivity contribution is 5.75. The molecule has 1 amide bonds. The molecular formula is C16H35N2O+. The molecule has 0 bridgehead atoms. The average molecular weight is 271 g/mol. The zero-order valence-corrected chi connectivity index (χ0v) is 13.8. The van der Waals surface area contributed by atoms with Gasteiger partial charge in [-0.1, -0.05) is 45.4 Å². The molecule has 3 nitrogen and oxygen atoms in total. The largest absolute Gasteiger partial charge is 0.350 e. The zero-order valence-electron chi connectivity index (χ0n) is 13.8. The van der Waals surface area contributed by atoms with E-state index in [-0.39, 0.29) is 5.91 Å². The van der Waals surface area contributed by atoms with Crippen LogP contribution in [0, 0.1) is 0 Å². The highest BCUT2D eigenvalue weighted by Gasteiger charge is 2.18. The first-order valence-electron chi connectivity index (χ1n) is 7.95. The summed E-state index contributed by atoms with van der Waals surface area (Å²) in [5.41, 5.74) is 0. The van der Waals surface area contributed by atoms with Gasteiger partial charge in [-0.3, -0.25) is 4.79 Å². The highest BCUT2D eigenvalue weighted by atomic mass is 16.1. The second kappa shape index (κ2) is 10.2. The van der Waals surface area contributed by atoms with Gasteiger partial charge in [0.2, 0.25) is 5.91 Å². The molecule has 1 N–H and O–H groups in total. The van der Waals surface area contributed by atoms with E-state index in [9.17, 15) is 4.79 Å². The second-order valence-corrected chi connectivity index (χ2v) is 6.64. The van der Waals surface area contributed by atoms with E-state index in [0.29, 0.717) is 12.5 Å². The van der Waals surface area contributed by atoms with E-state index >= 15 is 0 Å². The third kappa shape index (κ3) is 11.0. The van der Waals surface area contributed by atoms with E-state index < -0.39 is 0 Å². The SMILES string of the molecule is CCCCCCCCCC(=O)NCC(C)[N+](C)(C)C. The van der Waals surface area contributed by atoms with Crippen molar-refractivity contribution in [2.45, 2.75) is 71.3 Å². The van der Waals surface area contributed by atoms with Crippen molar-refractivity contribution >= 4 is 5.91 Å². The number of quaternary nitrogens is 1. The Labute approximate surface area is 120 Å². The number of likely N-dealkylation sites (N-methyl/N-ethyl adjacent to an activating group) is 1. The number of rotatable bonds is 11. The lowest BCUT2D eigenvalue weighted by Gasteiger charge is -2.31. The van der Waals surface area contributed by atoms with Crippen molar-refractivity contribution in [3.8, 4) is 0 Å². The summed E-state index contributed by atoms with van der Waals surface area (Å²) in [6.07, 6.45) is 9.53. The van der Waals surface area contributed by atoms with Gasteiger partial charge in [0.1, 0.15) is 6.04 Å². The summed E-state index contributed by atoms with van der Waals surface area (Å²) >= 11 is 0. The Morgan fingerprint density at radius 1 is 1.00 bits per heavy atom. The van der Waals surface area contributed by atoms with Crippen LogP contribution < -0.4 is 5.32 Å². The maximum atomic E-state index is 11.7. The fraction of sp³-hybridized carbons (Fsp3) is 0.938. The Bertz CT molecular complexity index is 233. The molecule has 0 saturated carbocycles. The molecule has 3 heteroatoms. The molecule has 0 aromatic heterocycles. The summed E-state index contributed by atoms with van der Waals surface area (Å²) in [5.74, 6) is 0.217. The van der Waals surface area contributed by atoms with Gasteiger partial charge in [-0.2, -0.15) is 0 Å². The van der Waals surface area contributed by atoms with Crippen LogP contribution in [-0.4, -0.2) is 44.1 Å². The maximum absolute atomic E-state index is 11.7. The number of unbranched alkanes of at least 4 members (excludes halogenated alkanes) is 6. The van der Waals surface area contributed by atoms with Crippen molar-refractivity contribution in [2.24, 2.45) is 0 Å². The van der Waals surface area contributed by atoms with Gasteiger partial charge in [-0.05, 0) is 13.3 Å². The third-order valence-corrected chi connectivity index (χ3v) is 3.92. The standard InChI is InChI=1S/C16H34N2O/c1-6-7-8-9-10-11-12-13-16(19)17-14-15(2)18(3,4)5/h15H,6-14H2,1-5H3/p+1. The van der Waals surface area contributed by atoms with Crippen LogP contribution in [0.25, 0.3) is 0 Å². The van der Waals surface area contributed by atoms with E-state index in [1.54, 1.807) is 0 Å². The van der Waals surface area contributed by atoms with Gasteiger partial charge in [0, 0.05) is 6.42 Å². The van der Waals surface area contributed by atoms with Gasteiger partial charge >= 0.3 is 0 Å². The van der Waals surface area contributed by atoms with E-state index in [0.717, 1.165) is 17.4 Å². The normalized spacial score (nSPS) is 13.3. The minimum Gasteiger partial charge on any atom is -0.350 e. The number of hydrogen-bond acceptors (Lipinski definition) is 1. The van der Waals surface area contributed by atoms with Gasteiger partial charge in [-0.15, -0.1) is 0 Å². The molecule has 0 fully saturated rings. The van der Waals surface area contributed by atoms with Crippen LogP contribution in [0.5, 0.6) is 0 Å². The fourth-order valence-electron chi connectivity index (χ4n) is 1.87. The molecule has 0 radical (unpaired) electrons. The maximum Gasteiger partial charge on any atom is 0.220 e. The first kappa shape index (κ1) is 18.4. The summed E-state index contributed by atoms with van der Waals surface area (Å²) in [4.78, 5) is 11.7. The highest BCUT2D eigenvalue weighted by Crippen LogP contribution is 2.08. The summed E-state index contributed by atoms with van der Waals surface area (Å²) < 4.78 is 0.887. The number of nitrogens with zero attached hydrogens (tertiary/aromatic N) is 1. The van der Waals surface area contributed by atoms with Crippen molar-refractivity contribution in [1.82, 2.24) is 5.32 Å². The van der Waals surface area contributed by atoms with Crippen LogP contribution in [0.2, 0.25) is 0 Å². The minimum absolute atomic E-state index is 0.217. The molecule has 1 atom stereocenters. The lowest BCUT2D eigenvalue weighted by molar-refractivity contribution is -0.892.